The first-order chi connectivity index (χ1) is 24.4. The number of hydrogen-bond acceptors (Lipinski definition) is 6. The summed E-state index contributed by atoms with van der Waals surface area (Å²) in [5.74, 6) is -3.51. The highest BCUT2D eigenvalue weighted by atomic mass is 16.4. The Labute approximate surface area is 300 Å². The van der Waals surface area contributed by atoms with Crippen LogP contribution in [0.2, 0.25) is 0 Å². The first-order valence-corrected chi connectivity index (χ1v) is 16.2. The summed E-state index contributed by atoms with van der Waals surface area (Å²) >= 11 is 0. The molecular weight excluding hydrogens is 670 g/mol. The van der Waals surface area contributed by atoms with Gasteiger partial charge >= 0.3 is 17.9 Å². The monoisotopic (exact) mass is 715 g/mol. The van der Waals surface area contributed by atoms with E-state index in [2.05, 4.69) is 33.8 Å². The molecule has 0 aromatic carbocycles. The van der Waals surface area contributed by atoms with Gasteiger partial charge in [-0.25, -0.2) is 0 Å². The van der Waals surface area contributed by atoms with Crippen LogP contribution < -0.4 is 16.4 Å². The molecule has 15 nitrogen and oxygen atoms in total. The second-order valence-corrected chi connectivity index (χ2v) is 12.4. The Hall–Kier alpha value is -6.38. The molecule has 52 heavy (non-hydrogen) atoms. The molecule has 0 radical (unpaired) electrons. The zero-order valence-electron chi connectivity index (χ0n) is 29.9. The molecule has 2 aromatic rings. The Kier molecular flexibility index (Phi) is 13.1. The zero-order chi connectivity index (χ0) is 39.0. The smallest absolute Gasteiger partial charge is 0.323 e. The van der Waals surface area contributed by atoms with E-state index < -0.39 is 17.9 Å². The summed E-state index contributed by atoms with van der Waals surface area (Å²) in [7, 11) is 1.44. The highest BCUT2D eigenvalue weighted by molar-refractivity contribution is 6.03. The lowest BCUT2D eigenvalue weighted by Crippen LogP contribution is -2.36. The second kappa shape index (κ2) is 17.0. The number of aromatic amines is 2. The fourth-order valence-corrected chi connectivity index (χ4v) is 5.90. The van der Waals surface area contributed by atoms with Gasteiger partial charge in [-0.1, -0.05) is 25.3 Å². The maximum absolute atomic E-state index is 12.3. The molecule has 0 atom stereocenters. The molecule has 2 amide bonds. The molecule has 0 bridgehead atoms. The number of carboxylic acid groups (broad SMARTS) is 3. The Bertz CT molecular complexity index is 1990. The molecule has 276 valence electrons. The van der Waals surface area contributed by atoms with Gasteiger partial charge in [0.2, 0.25) is 0 Å². The van der Waals surface area contributed by atoms with Crippen LogP contribution in [0, 0.1) is 19.3 Å². The summed E-state index contributed by atoms with van der Waals surface area (Å²) in [4.78, 5) is 65.6. The van der Waals surface area contributed by atoms with Crippen molar-refractivity contribution >= 4 is 47.8 Å². The molecule has 0 saturated carbocycles. The van der Waals surface area contributed by atoms with Gasteiger partial charge in [0, 0.05) is 71.5 Å². The summed E-state index contributed by atoms with van der Waals surface area (Å²) in [6.45, 7) is 14.7. The number of nitrogens with two attached hydrogens (primary N) is 1. The van der Waals surface area contributed by atoms with Crippen LogP contribution in [0.4, 0.5) is 0 Å². The molecule has 2 aliphatic rings. The quantitative estimate of drug-likeness (QED) is 0.102. The van der Waals surface area contributed by atoms with Crippen LogP contribution in [0.15, 0.2) is 59.0 Å². The third kappa shape index (κ3) is 9.44. The largest absolute Gasteiger partial charge is 0.481 e. The highest BCUT2D eigenvalue weighted by Gasteiger charge is 2.25. The van der Waals surface area contributed by atoms with Crippen LogP contribution in [0.25, 0.3) is 12.2 Å². The topological polar surface area (TPSA) is 255 Å². The van der Waals surface area contributed by atoms with Crippen molar-refractivity contribution in [3.05, 3.63) is 104 Å². The molecule has 0 aliphatic carbocycles. The fourth-order valence-electron chi connectivity index (χ4n) is 5.90. The van der Waals surface area contributed by atoms with Crippen molar-refractivity contribution in [2.24, 2.45) is 5.73 Å². The molecule has 4 heterocycles. The standard InChI is InChI=1S/C33H36N4O6.C4H9N3O2/c1-7-20-19(6)32(42)37-27(20)14-25-18(5)23(10-12-31(40)41)29(35-25)15-28-22(9-11-30(38)39)17(4)24(34-28)13-26-16(3)21(8-2)33(43)36-26;1-7(4(5)6)2-3(8)9/h7-8,13-14,34-35H,1-2,9-12,15H2,3-6H3,(H,36,43)(H,37,42)(H,38,39)(H,40,41);2H2,1H3,(H3,5,6)(H,8,9)/b26-13-,27-14-;. The number of rotatable bonds is 14. The predicted molar refractivity (Wildman–Crippen MR) is 196 cm³/mol. The number of likely N-dealkylation sites (N-methyl/N-ethyl adjacent to an activating group) is 1. The average Bonchev–Trinajstić information content (AvgIpc) is 3.70. The van der Waals surface area contributed by atoms with Crippen LogP contribution >= 0.6 is 0 Å². The minimum atomic E-state index is -0.993. The van der Waals surface area contributed by atoms with E-state index in [1.54, 1.807) is 13.0 Å². The minimum Gasteiger partial charge on any atom is -0.481 e. The number of carboxylic acids is 3. The second-order valence-electron chi connectivity index (χ2n) is 12.4. The van der Waals surface area contributed by atoms with E-state index in [4.69, 9.17) is 16.2 Å². The van der Waals surface area contributed by atoms with E-state index in [0.717, 1.165) is 55.5 Å². The Balaban J connectivity index is 0.000000715. The molecule has 0 spiro atoms. The number of carbonyl (C=O) groups is 5. The first kappa shape index (κ1) is 40.1. The molecule has 0 saturated heterocycles. The van der Waals surface area contributed by atoms with Crippen LogP contribution in [-0.2, 0) is 43.2 Å². The van der Waals surface area contributed by atoms with Crippen LogP contribution in [0.5, 0.6) is 0 Å². The third-order valence-electron chi connectivity index (χ3n) is 8.90. The molecule has 10 N–H and O–H groups in total. The molecular formula is C37H45N7O8. The summed E-state index contributed by atoms with van der Waals surface area (Å²) in [6.07, 6.45) is 7.58. The summed E-state index contributed by atoms with van der Waals surface area (Å²) in [6, 6.07) is 0. The van der Waals surface area contributed by atoms with Gasteiger partial charge in [0.1, 0.15) is 6.54 Å². The maximum Gasteiger partial charge on any atom is 0.323 e. The lowest BCUT2D eigenvalue weighted by molar-refractivity contribution is -0.138. The van der Waals surface area contributed by atoms with Crippen molar-refractivity contribution in [1.29, 1.82) is 5.41 Å². The van der Waals surface area contributed by atoms with Gasteiger partial charge in [0.25, 0.3) is 11.8 Å². The predicted octanol–water partition coefficient (Wildman–Crippen LogP) is 3.43. The van der Waals surface area contributed by atoms with E-state index >= 15 is 0 Å². The Morgan fingerprint density at radius 1 is 0.750 bits per heavy atom. The number of amides is 2. The fraction of sp³-hybridized carbons (Fsp3) is 0.297. The van der Waals surface area contributed by atoms with Crippen LogP contribution in [0.1, 0.15) is 71.7 Å². The number of hydrogen-bond donors (Lipinski definition) is 9. The number of H-pyrrole nitrogens is 2. The number of carbonyl (C=O) groups excluding carboxylic acids is 2. The number of nitrogens with one attached hydrogen (secondary N) is 5. The van der Waals surface area contributed by atoms with Gasteiger partial charge in [-0.05, 0) is 80.5 Å². The molecule has 2 aliphatic heterocycles. The van der Waals surface area contributed by atoms with Crippen molar-refractivity contribution in [1.82, 2.24) is 25.5 Å². The number of allylic oxidation sites excluding steroid dienone is 2. The Morgan fingerprint density at radius 3 is 1.60 bits per heavy atom. The lowest BCUT2D eigenvalue weighted by Gasteiger charge is -2.12. The van der Waals surface area contributed by atoms with E-state index in [0.29, 0.717) is 34.5 Å². The van der Waals surface area contributed by atoms with Gasteiger partial charge in [0.15, 0.2) is 5.96 Å². The van der Waals surface area contributed by atoms with Gasteiger partial charge < -0.3 is 46.6 Å². The molecule has 15 heteroatoms. The molecule has 0 fully saturated rings. The molecule has 0 unspecified atom stereocenters. The Morgan fingerprint density at radius 2 is 1.21 bits per heavy atom. The van der Waals surface area contributed by atoms with E-state index in [-0.39, 0.29) is 50.0 Å². The van der Waals surface area contributed by atoms with Gasteiger partial charge in [-0.15, -0.1) is 0 Å². The SMILES string of the molecule is C=CC1=C(C)/C(=C/c2[nH]c(Cc3[nH]c(/C=C4\NC(=O)C(C)=C4C=C)c(C)c3CCC(=O)O)c(CCC(=O)O)c2C)NC1=O.CN(CC(=O)O)C(=N)N. The third-order valence-corrected chi connectivity index (χ3v) is 8.90. The lowest BCUT2D eigenvalue weighted by atomic mass is 9.98. The van der Waals surface area contributed by atoms with Crippen molar-refractivity contribution in [2.45, 2.75) is 59.8 Å². The molecule has 4 rings (SSSR count). The average molecular weight is 716 g/mol. The van der Waals surface area contributed by atoms with Crippen molar-refractivity contribution in [3.63, 3.8) is 0 Å². The van der Waals surface area contributed by atoms with Crippen molar-refractivity contribution in [3.8, 4) is 0 Å². The minimum absolute atomic E-state index is 0.0688. The number of aliphatic carboxylic acids is 3. The first-order valence-electron chi connectivity index (χ1n) is 16.2. The number of guanidine groups is 1. The van der Waals surface area contributed by atoms with Crippen LogP contribution in [-0.4, -0.2) is 79.5 Å². The maximum atomic E-state index is 12.3. The van der Waals surface area contributed by atoms with E-state index in [9.17, 15) is 34.2 Å². The number of aromatic nitrogens is 2. The normalized spacial score (nSPS) is 15.4. The highest BCUT2D eigenvalue weighted by Crippen LogP contribution is 2.31. The van der Waals surface area contributed by atoms with Gasteiger partial charge in [0.05, 0.1) is 5.70 Å². The van der Waals surface area contributed by atoms with Crippen LogP contribution in [0.3, 0.4) is 0 Å². The summed E-state index contributed by atoms with van der Waals surface area (Å²) < 4.78 is 0. The van der Waals surface area contributed by atoms with Gasteiger partial charge in [-0.3, -0.25) is 29.4 Å². The number of nitrogens with zero attached hydrogens (tertiary/aromatic N) is 1. The van der Waals surface area contributed by atoms with E-state index in [1.807, 2.05) is 32.9 Å². The van der Waals surface area contributed by atoms with Crippen molar-refractivity contribution < 1.29 is 39.3 Å². The molecule has 2 aromatic heterocycles. The summed E-state index contributed by atoms with van der Waals surface area (Å²) in [5.41, 5.74) is 15.1. The zero-order valence-corrected chi connectivity index (χ0v) is 29.9. The van der Waals surface area contributed by atoms with Crippen molar-refractivity contribution in [2.75, 3.05) is 13.6 Å². The van der Waals surface area contributed by atoms with Gasteiger partial charge in [-0.2, -0.15) is 0 Å². The summed E-state index contributed by atoms with van der Waals surface area (Å²) in [5, 5.41) is 39.5. The van der Waals surface area contributed by atoms with E-state index in [1.165, 1.54) is 13.1 Å².